The summed E-state index contributed by atoms with van der Waals surface area (Å²) in [6.07, 6.45) is -3.07. The molecule has 1 fully saturated rings. The van der Waals surface area contributed by atoms with Crippen molar-refractivity contribution in [1.82, 2.24) is 0 Å². The van der Waals surface area contributed by atoms with E-state index in [4.69, 9.17) is 28.4 Å². The molecule has 0 amide bonds. The van der Waals surface area contributed by atoms with Crippen LogP contribution in [0.5, 0.6) is 5.75 Å². The van der Waals surface area contributed by atoms with Crippen molar-refractivity contribution in [1.29, 1.82) is 0 Å². The fourth-order valence-corrected chi connectivity index (χ4v) is 4.25. The number of rotatable bonds is 12. The Morgan fingerprint density at radius 3 is 1.95 bits per heavy atom. The Balaban J connectivity index is 1.52. The molecule has 0 spiro atoms. The number of nitro benzene ring substituents is 1. The highest BCUT2D eigenvalue weighted by Gasteiger charge is 2.48. The number of non-ortho nitro benzene ring substituents is 1. The molecule has 196 valence electrons. The average molecular weight is 510 g/mol. The summed E-state index contributed by atoms with van der Waals surface area (Å²) >= 11 is 0. The van der Waals surface area contributed by atoms with Crippen molar-refractivity contribution >= 4 is 5.69 Å². The van der Waals surface area contributed by atoms with E-state index in [1.54, 1.807) is 14.2 Å². The highest BCUT2D eigenvalue weighted by atomic mass is 16.7. The summed E-state index contributed by atoms with van der Waals surface area (Å²) in [6.45, 7) is 0.954. The number of nitrogens with zero attached hydrogens (tertiary/aromatic N) is 1. The van der Waals surface area contributed by atoms with Crippen LogP contribution in [0.2, 0.25) is 0 Å². The Morgan fingerprint density at radius 2 is 1.38 bits per heavy atom. The van der Waals surface area contributed by atoms with Crippen molar-refractivity contribution in [2.75, 3.05) is 20.8 Å². The molecular weight excluding hydrogens is 478 g/mol. The molecule has 0 saturated carbocycles. The molecule has 1 aliphatic heterocycles. The predicted octanol–water partition coefficient (Wildman–Crippen LogP) is 4.53. The molecule has 0 unspecified atom stereocenters. The van der Waals surface area contributed by atoms with Gasteiger partial charge in [0.05, 0.1) is 24.7 Å². The lowest BCUT2D eigenvalue weighted by atomic mass is 9.98. The number of ether oxygens (including phenoxy) is 6. The van der Waals surface area contributed by atoms with Gasteiger partial charge in [-0.05, 0) is 23.3 Å². The van der Waals surface area contributed by atoms with Gasteiger partial charge < -0.3 is 28.4 Å². The van der Waals surface area contributed by atoms with Crippen molar-refractivity contribution < 1.29 is 33.3 Å². The molecule has 9 nitrogen and oxygen atoms in total. The van der Waals surface area contributed by atoms with Gasteiger partial charge >= 0.3 is 0 Å². The zero-order valence-corrected chi connectivity index (χ0v) is 20.8. The van der Waals surface area contributed by atoms with Crippen LogP contribution in [0.1, 0.15) is 11.1 Å². The molecule has 4 rings (SSSR count). The van der Waals surface area contributed by atoms with Crippen LogP contribution < -0.4 is 4.74 Å². The Labute approximate surface area is 216 Å². The summed E-state index contributed by atoms with van der Waals surface area (Å²) < 4.78 is 36.4. The molecule has 0 aromatic heterocycles. The zero-order chi connectivity index (χ0) is 26.0. The monoisotopic (exact) mass is 509 g/mol. The molecule has 0 bridgehead atoms. The van der Waals surface area contributed by atoms with Gasteiger partial charge in [0, 0.05) is 26.4 Å². The maximum Gasteiger partial charge on any atom is 0.269 e. The summed E-state index contributed by atoms with van der Waals surface area (Å²) in [7, 11) is 3.18. The third-order valence-corrected chi connectivity index (χ3v) is 6.11. The first kappa shape index (κ1) is 26.7. The highest BCUT2D eigenvalue weighted by Crippen LogP contribution is 2.31. The van der Waals surface area contributed by atoms with E-state index in [-0.39, 0.29) is 12.3 Å². The quantitative estimate of drug-likeness (QED) is 0.259. The van der Waals surface area contributed by atoms with Crippen molar-refractivity contribution in [3.05, 3.63) is 106 Å². The lowest BCUT2D eigenvalue weighted by molar-refractivity contribution is -0.384. The topological polar surface area (TPSA) is 98.5 Å². The Bertz CT molecular complexity index is 1100. The van der Waals surface area contributed by atoms with Gasteiger partial charge in [0.1, 0.15) is 30.2 Å². The standard InChI is InChI=1S/C28H31NO8/c1-32-25-24(19-34-17-20-9-5-3-6-10-20)37-28(36-23-15-13-22(14-16-23)29(30)31)27(26(25)33-2)35-18-21-11-7-4-8-12-21/h3-16,24-28H,17-19H2,1-2H3/t24-,25+,26+,27-,28-/m1/s1. The van der Waals surface area contributed by atoms with Crippen LogP contribution in [0, 0.1) is 10.1 Å². The fourth-order valence-electron chi connectivity index (χ4n) is 4.25. The van der Waals surface area contributed by atoms with Crippen LogP contribution in [-0.2, 0) is 36.9 Å². The van der Waals surface area contributed by atoms with Crippen molar-refractivity contribution in [2.45, 2.75) is 43.9 Å². The van der Waals surface area contributed by atoms with E-state index < -0.39 is 35.6 Å². The summed E-state index contributed by atoms with van der Waals surface area (Å²) in [6, 6.07) is 25.4. The molecule has 1 saturated heterocycles. The van der Waals surface area contributed by atoms with Gasteiger partial charge in [0.15, 0.2) is 0 Å². The highest BCUT2D eigenvalue weighted by molar-refractivity contribution is 5.36. The third kappa shape index (κ3) is 7.12. The van der Waals surface area contributed by atoms with Crippen LogP contribution in [0.25, 0.3) is 0 Å². The maximum absolute atomic E-state index is 11.0. The molecule has 3 aromatic rings. The minimum atomic E-state index is -0.883. The zero-order valence-electron chi connectivity index (χ0n) is 20.8. The third-order valence-electron chi connectivity index (χ3n) is 6.11. The van der Waals surface area contributed by atoms with Crippen LogP contribution >= 0.6 is 0 Å². The molecule has 1 heterocycles. The first-order chi connectivity index (χ1) is 18.1. The van der Waals surface area contributed by atoms with E-state index >= 15 is 0 Å². The minimum Gasteiger partial charge on any atom is -0.462 e. The van der Waals surface area contributed by atoms with Crippen molar-refractivity contribution in [3.63, 3.8) is 0 Å². The van der Waals surface area contributed by atoms with Gasteiger partial charge in [-0.1, -0.05) is 60.7 Å². The van der Waals surface area contributed by atoms with Crippen LogP contribution in [-0.4, -0.2) is 56.5 Å². The molecule has 37 heavy (non-hydrogen) atoms. The van der Waals surface area contributed by atoms with E-state index in [0.29, 0.717) is 19.0 Å². The lowest BCUT2D eigenvalue weighted by Gasteiger charge is -2.44. The smallest absolute Gasteiger partial charge is 0.269 e. The first-order valence-electron chi connectivity index (χ1n) is 12.0. The molecule has 3 aromatic carbocycles. The van der Waals surface area contributed by atoms with Gasteiger partial charge in [0.2, 0.25) is 6.29 Å². The van der Waals surface area contributed by atoms with E-state index in [9.17, 15) is 10.1 Å². The van der Waals surface area contributed by atoms with Crippen LogP contribution in [0.15, 0.2) is 84.9 Å². The molecule has 0 radical (unpaired) electrons. The molecule has 5 atom stereocenters. The Morgan fingerprint density at radius 1 is 0.784 bits per heavy atom. The number of benzene rings is 3. The van der Waals surface area contributed by atoms with Gasteiger partial charge in [-0.2, -0.15) is 0 Å². The second-order valence-corrected chi connectivity index (χ2v) is 8.57. The van der Waals surface area contributed by atoms with Gasteiger partial charge in [-0.3, -0.25) is 10.1 Å². The summed E-state index contributed by atoms with van der Waals surface area (Å²) in [4.78, 5) is 10.6. The van der Waals surface area contributed by atoms with Crippen molar-refractivity contribution in [3.8, 4) is 5.75 Å². The lowest BCUT2D eigenvalue weighted by Crippen LogP contribution is -2.62. The van der Waals surface area contributed by atoms with Crippen LogP contribution in [0.4, 0.5) is 5.69 Å². The Hall–Kier alpha value is -3.34. The Kier molecular flexibility index (Phi) is 9.58. The van der Waals surface area contributed by atoms with E-state index in [2.05, 4.69) is 0 Å². The molecule has 0 N–H and O–H groups in total. The number of nitro groups is 1. The summed E-state index contributed by atoms with van der Waals surface area (Å²) in [5, 5.41) is 11.0. The second-order valence-electron chi connectivity index (χ2n) is 8.57. The predicted molar refractivity (Wildman–Crippen MR) is 135 cm³/mol. The molecule has 9 heteroatoms. The average Bonchev–Trinajstić information content (AvgIpc) is 2.93. The summed E-state index contributed by atoms with van der Waals surface area (Å²) in [5.41, 5.74) is 1.99. The molecule has 1 aliphatic rings. The number of methoxy groups -OCH3 is 2. The molecular formula is C28H31NO8. The maximum atomic E-state index is 11.0. The van der Waals surface area contributed by atoms with Gasteiger partial charge in [0.25, 0.3) is 5.69 Å². The van der Waals surface area contributed by atoms with E-state index in [1.807, 2.05) is 60.7 Å². The summed E-state index contributed by atoms with van der Waals surface area (Å²) in [5.74, 6) is 0.401. The van der Waals surface area contributed by atoms with E-state index in [0.717, 1.165) is 11.1 Å². The van der Waals surface area contributed by atoms with Crippen LogP contribution in [0.3, 0.4) is 0 Å². The number of hydrogen-bond donors (Lipinski definition) is 0. The first-order valence-corrected chi connectivity index (χ1v) is 12.0. The second kappa shape index (κ2) is 13.3. The molecule has 0 aliphatic carbocycles. The van der Waals surface area contributed by atoms with Gasteiger partial charge in [-0.25, -0.2) is 0 Å². The number of hydrogen-bond acceptors (Lipinski definition) is 8. The van der Waals surface area contributed by atoms with Crippen molar-refractivity contribution in [2.24, 2.45) is 0 Å². The van der Waals surface area contributed by atoms with Gasteiger partial charge in [-0.15, -0.1) is 0 Å². The minimum absolute atomic E-state index is 0.0322. The normalized spacial score (nSPS) is 23.5. The largest absolute Gasteiger partial charge is 0.462 e. The van der Waals surface area contributed by atoms with E-state index in [1.165, 1.54) is 24.3 Å². The SMILES string of the molecule is CO[C@H]1[C@@H](OC)[C@@H](COCc2ccccc2)O[C@@H](Oc2ccc([N+](=O)[O-])cc2)[C@@H]1OCc1ccccc1. The fraction of sp³-hybridized carbons (Fsp3) is 0.357.